The summed E-state index contributed by atoms with van der Waals surface area (Å²) in [5.74, 6) is 0. The van der Waals surface area contributed by atoms with Crippen molar-refractivity contribution in [3.63, 3.8) is 0 Å². The summed E-state index contributed by atoms with van der Waals surface area (Å²) >= 11 is 6.24. The maximum absolute atomic E-state index is 10.6. The Bertz CT molecular complexity index is 617. The highest BCUT2D eigenvalue weighted by molar-refractivity contribution is 6.31. The van der Waals surface area contributed by atoms with Crippen molar-refractivity contribution in [2.45, 2.75) is 33.8 Å². The van der Waals surface area contributed by atoms with Crippen molar-refractivity contribution in [1.29, 1.82) is 0 Å². The minimum Gasteiger partial charge on any atom is -0.384 e. The number of hydrogen-bond donors (Lipinski definition) is 1. The standard InChI is InChI=1S/C17H19ClO/c1-10-5-6-14(16(18)7-10)17(19)15-9-12(3)11(2)8-13(15)4/h5-9,17,19H,1-4H3. The van der Waals surface area contributed by atoms with Gasteiger partial charge in [0.15, 0.2) is 0 Å². The number of aliphatic hydroxyl groups is 1. The molecule has 0 saturated carbocycles. The van der Waals surface area contributed by atoms with Gasteiger partial charge in [0.1, 0.15) is 6.10 Å². The summed E-state index contributed by atoms with van der Waals surface area (Å²) in [6.45, 7) is 8.15. The first-order valence-electron chi connectivity index (χ1n) is 6.42. The van der Waals surface area contributed by atoms with Gasteiger partial charge in [0.2, 0.25) is 0 Å². The summed E-state index contributed by atoms with van der Waals surface area (Å²) in [5.41, 5.74) is 6.30. The van der Waals surface area contributed by atoms with E-state index in [9.17, 15) is 5.11 Å². The third-order valence-corrected chi connectivity index (χ3v) is 3.95. The molecule has 0 fully saturated rings. The second kappa shape index (κ2) is 5.36. The average Bonchev–Trinajstić information content (AvgIpc) is 2.33. The molecule has 0 radical (unpaired) electrons. The predicted molar refractivity (Wildman–Crippen MR) is 80.9 cm³/mol. The maximum Gasteiger partial charge on any atom is 0.106 e. The van der Waals surface area contributed by atoms with Gasteiger partial charge in [-0.25, -0.2) is 0 Å². The van der Waals surface area contributed by atoms with Crippen LogP contribution in [0, 0.1) is 27.7 Å². The first kappa shape index (κ1) is 14.1. The fraction of sp³-hybridized carbons (Fsp3) is 0.294. The molecule has 2 aromatic carbocycles. The van der Waals surface area contributed by atoms with Gasteiger partial charge in [-0.1, -0.05) is 35.9 Å². The van der Waals surface area contributed by atoms with Gasteiger partial charge >= 0.3 is 0 Å². The molecule has 100 valence electrons. The normalized spacial score (nSPS) is 12.5. The van der Waals surface area contributed by atoms with Crippen LogP contribution in [0.15, 0.2) is 30.3 Å². The van der Waals surface area contributed by atoms with Gasteiger partial charge in [-0.3, -0.25) is 0 Å². The van der Waals surface area contributed by atoms with E-state index in [1.54, 1.807) is 0 Å². The zero-order valence-corrected chi connectivity index (χ0v) is 12.5. The molecule has 2 heteroatoms. The van der Waals surface area contributed by atoms with Crippen molar-refractivity contribution in [1.82, 2.24) is 0 Å². The molecular weight excluding hydrogens is 256 g/mol. The van der Waals surface area contributed by atoms with Crippen molar-refractivity contribution in [2.24, 2.45) is 0 Å². The zero-order chi connectivity index (χ0) is 14.2. The van der Waals surface area contributed by atoms with E-state index in [0.717, 1.165) is 22.3 Å². The van der Waals surface area contributed by atoms with E-state index in [4.69, 9.17) is 11.6 Å². The van der Waals surface area contributed by atoms with Gasteiger partial charge in [0.25, 0.3) is 0 Å². The molecule has 19 heavy (non-hydrogen) atoms. The van der Waals surface area contributed by atoms with Crippen molar-refractivity contribution in [3.8, 4) is 0 Å². The van der Waals surface area contributed by atoms with E-state index in [1.165, 1.54) is 11.1 Å². The molecule has 1 nitrogen and oxygen atoms in total. The lowest BCUT2D eigenvalue weighted by Gasteiger charge is -2.17. The maximum atomic E-state index is 10.6. The zero-order valence-electron chi connectivity index (χ0n) is 11.8. The van der Waals surface area contributed by atoms with Crippen LogP contribution < -0.4 is 0 Å². The lowest BCUT2D eigenvalue weighted by atomic mass is 9.93. The summed E-state index contributed by atoms with van der Waals surface area (Å²) in [6, 6.07) is 9.91. The monoisotopic (exact) mass is 274 g/mol. The SMILES string of the molecule is Cc1ccc(C(O)c2cc(C)c(C)cc2C)c(Cl)c1. The van der Waals surface area contributed by atoms with Crippen LogP contribution in [0.1, 0.15) is 39.5 Å². The molecule has 0 aliphatic rings. The lowest BCUT2D eigenvalue weighted by Crippen LogP contribution is -2.04. The molecule has 0 aromatic heterocycles. The molecular formula is C17H19ClO. The van der Waals surface area contributed by atoms with Crippen LogP contribution in [0.4, 0.5) is 0 Å². The lowest BCUT2D eigenvalue weighted by molar-refractivity contribution is 0.219. The number of rotatable bonds is 2. The molecule has 1 unspecified atom stereocenters. The minimum absolute atomic E-state index is 0.616. The Kier molecular flexibility index (Phi) is 3.98. The van der Waals surface area contributed by atoms with Gasteiger partial charge in [-0.15, -0.1) is 0 Å². The van der Waals surface area contributed by atoms with Gasteiger partial charge < -0.3 is 5.11 Å². The van der Waals surface area contributed by atoms with Gasteiger partial charge in [0, 0.05) is 10.6 Å². The molecule has 2 aromatic rings. The van der Waals surface area contributed by atoms with E-state index >= 15 is 0 Å². The Balaban J connectivity index is 2.49. The summed E-state index contributed by atoms with van der Waals surface area (Å²) in [4.78, 5) is 0. The number of benzene rings is 2. The van der Waals surface area contributed by atoms with Crippen LogP contribution in [0.25, 0.3) is 0 Å². The summed E-state index contributed by atoms with van der Waals surface area (Å²) in [5, 5.41) is 11.2. The summed E-state index contributed by atoms with van der Waals surface area (Å²) in [7, 11) is 0. The molecule has 0 spiro atoms. The van der Waals surface area contributed by atoms with Gasteiger partial charge in [-0.2, -0.15) is 0 Å². The van der Waals surface area contributed by atoms with Gasteiger partial charge in [0.05, 0.1) is 0 Å². The number of aliphatic hydroxyl groups excluding tert-OH is 1. The van der Waals surface area contributed by atoms with E-state index in [2.05, 4.69) is 19.9 Å². The molecule has 0 heterocycles. The predicted octanol–water partition coefficient (Wildman–Crippen LogP) is 4.66. The highest BCUT2D eigenvalue weighted by Gasteiger charge is 2.16. The molecule has 2 rings (SSSR count). The first-order chi connectivity index (χ1) is 8.90. The van der Waals surface area contributed by atoms with Crippen LogP contribution in [-0.2, 0) is 0 Å². The molecule has 1 N–H and O–H groups in total. The molecule has 0 amide bonds. The topological polar surface area (TPSA) is 20.2 Å². The quantitative estimate of drug-likeness (QED) is 0.845. The largest absolute Gasteiger partial charge is 0.384 e. The van der Waals surface area contributed by atoms with E-state index in [1.807, 2.05) is 38.1 Å². The van der Waals surface area contributed by atoms with Crippen molar-refractivity contribution in [2.75, 3.05) is 0 Å². The Morgan fingerprint density at radius 3 is 2.11 bits per heavy atom. The van der Waals surface area contributed by atoms with Crippen LogP contribution in [0.3, 0.4) is 0 Å². The third-order valence-electron chi connectivity index (χ3n) is 3.63. The number of hydrogen-bond acceptors (Lipinski definition) is 1. The van der Waals surface area contributed by atoms with Crippen molar-refractivity contribution in [3.05, 3.63) is 68.7 Å². The third kappa shape index (κ3) is 2.83. The number of aryl methyl sites for hydroxylation is 4. The fourth-order valence-corrected chi connectivity index (χ4v) is 2.64. The van der Waals surface area contributed by atoms with E-state index < -0.39 is 6.10 Å². The Labute approximate surface area is 119 Å². The molecule has 0 bridgehead atoms. The summed E-state index contributed by atoms with van der Waals surface area (Å²) in [6.07, 6.45) is -0.674. The average molecular weight is 275 g/mol. The van der Waals surface area contributed by atoms with Crippen molar-refractivity contribution < 1.29 is 5.11 Å². The molecule has 0 saturated heterocycles. The highest BCUT2D eigenvalue weighted by atomic mass is 35.5. The highest BCUT2D eigenvalue weighted by Crippen LogP contribution is 2.31. The summed E-state index contributed by atoms with van der Waals surface area (Å²) < 4.78 is 0. The Morgan fingerprint density at radius 2 is 1.47 bits per heavy atom. The Hall–Kier alpha value is -1.31. The van der Waals surface area contributed by atoms with Crippen molar-refractivity contribution >= 4 is 11.6 Å². The van der Waals surface area contributed by atoms with Crippen LogP contribution in [-0.4, -0.2) is 5.11 Å². The number of halogens is 1. The van der Waals surface area contributed by atoms with Crippen LogP contribution in [0.5, 0.6) is 0 Å². The van der Waals surface area contributed by atoms with Crippen LogP contribution >= 0.6 is 11.6 Å². The second-order valence-electron chi connectivity index (χ2n) is 5.22. The minimum atomic E-state index is -0.674. The van der Waals surface area contributed by atoms with Crippen LogP contribution in [0.2, 0.25) is 5.02 Å². The van der Waals surface area contributed by atoms with E-state index in [-0.39, 0.29) is 0 Å². The molecule has 1 atom stereocenters. The molecule has 0 aliphatic heterocycles. The second-order valence-corrected chi connectivity index (χ2v) is 5.63. The first-order valence-corrected chi connectivity index (χ1v) is 6.80. The smallest absolute Gasteiger partial charge is 0.106 e. The van der Waals surface area contributed by atoms with Gasteiger partial charge in [-0.05, 0) is 61.6 Å². The molecule has 0 aliphatic carbocycles. The fourth-order valence-electron chi connectivity index (χ4n) is 2.30. The Morgan fingerprint density at radius 1 is 0.842 bits per heavy atom. The van der Waals surface area contributed by atoms with E-state index in [0.29, 0.717) is 5.02 Å².